The largest absolute Gasteiger partial charge is 0.468 e. The van der Waals surface area contributed by atoms with Crippen molar-refractivity contribution in [2.75, 3.05) is 13.6 Å². The van der Waals surface area contributed by atoms with Crippen LogP contribution in [0.2, 0.25) is 0 Å². The molecule has 2 N–H and O–H groups in total. The van der Waals surface area contributed by atoms with Gasteiger partial charge in [-0.15, -0.1) is 0 Å². The van der Waals surface area contributed by atoms with Gasteiger partial charge in [0.25, 0.3) is 0 Å². The second-order valence-corrected chi connectivity index (χ2v) is 4.19. The Labute approximate surface area is 101 Å². The lowest BCUT2D eigenvalue weighted by molar-refractivity contribution is 0.197. The number of hydrogen-bond acceptors (Lipinski definition) is 4. The topological polar surface area (TPSA) is 55.5 Å². The van der Waals surface area contributed by atoms with Crippen molar-refractivity contribution >= 4 is 0 Å². The first-order chi connectivity index (χ1) is 8.20. The van der Waals surface area contributed by atoms with E-state index in [1.54, 1.807) is 6.26 Å². The van der Waals surface area contributed by atoms with Gasteiger partial charge >= 0.3 is 0 Å². The summed E-state index contributed by atoms with van der Waals surface area (Å²) in [5.74, 6) is 2.75. The molecule has 4 nitrogen and oxygen atoms in total. The quantitative estimate of drug-likeness (QED) is 0.862. The van der Waals surface area contributed by atoms with Crippen LogP contribution in [0.5, 0.6) is 0 Å². The Kier molecular flexibility index (Phi) is 3.66. The molecular formula is C13H18N2O2. The van der Waals surface area contributed by atoms with Gasteiger partial charge in [0.15, 0.2) is 0 Å². The van der Waals surface area contributed by atoms with Crippen LogP contribution in [0.3, 0.4) is 0 Å². The summed E-state index contributed by atoms with van der Waals surface area (Å²) in [7, 11) is 2.01. The van der Waals surface area contributed by atoms with Crippen LogP contribution in [0.25, 0.3) is 0 Å². The van der Waals surface area contributed by atoms with Crippen molar-refractivity contribution in [3.05, 3.63) is 47.8 Å². The van der Waals surface area contributed by atoms with E-state index >= 15 is 0 Å². The molecule has 1 unspecified atom stereocenters. The zero-order valence-corrected chi connectivity index (χ0v) is 10.2. The van der Waals surface area contributed by atoms with Crippen LogP contribution in [0.1, 0.15) is 23.3 Å². The van der Waals surface area contributed by atoms with Gasteiger partial charge < -0.3 is 14.6 Å². The molecule has 0 amide bonds. The molecule has 2 aromatic heterocycles. The van der Waals surface area contributed by atoms with Crippen molar-refractivity contribution in [2.24, 2.45) is 5.73 Å². The minimum atomic E-state index is 0.0791. The van der Waals surface area contributed by atoms with E-state index in [1.807, 2.05) is 38.2 Å². The van der Waals surface area contributed by atoms with Crippen molar-refractivity contribution in [1.29, 1.82) is 0 Å². The SMILES string of the molecule is Cc1ccc(CN(C)C(CN)c2ccco2)o1. The Morgan fingerprint density at radius 3 is 2.71 bits per heavy atom. The summed E-state index contributed by atoms with van der Waals surface area (Å²) in [5, 5.41) is 0. The Hall–Kier alpha value is -1.52. The van der Waals surface area contributed by atoms with Crippen LogP contribution in [-0.4, -0.2) is 18.5 Å². The zero-order chi connectivity index (χ0) is 12.3. The van der Waals surface area contributed by atoms with E-state index in [1.165, 1.54) is 0 Å². The summed E-state index contributed by atoms with van der Waals surface area (Å²) >= 11 is 0. The third-order valence-corrected chi connectivity index (χ3v) is 2.83. The second-order valence-electron chi connectivity index (χ2n) is 4.19. The van der Waals surface area contributed by atoms with Gasteiger partial charge in [-0.1, -0.05) is 0 Å². The highest BCUT2D eigenvalue weighted by molar-refractivity contribution is 5.08. The van der Waals surface area contributed by atoms with E-state index in [-0.39, 0.29) is 6.04 Å². The average molecular weight is 234 g/mol. The number of nitrogens with zero attached hydrogens (tertiary/aromatic N) is 1. The fourth-order valence-electron chi connectivity index (χ4n) is 1.92. The maximum atomic E-state index is 5.79. The number of hydrogen-bond donors (Lipinski definition) is 1. The zero-order valence-electron chi connectivity index (χ0n) is 10.2. The molecule has 0 fully saturated rings. The van der Waals surface area contributed by atoms with Gasteiger partial charge in [0.05, 0.1) is 18.8 Å². The minimum Gasteiger partial charge on any atom is -0.468 e. The standard InChI is InChI=1S/C13H18N2O2/c1-10-5-6-11(17-10)9-15(2)12(8-14)13-4-3-7-16-13/h3-7,12H,8-9,14H2,1-2H3. The van der Waals surface area contributed by atoms with Crippen molar-refractivity contribution < 1.29 is 8.83 Å². The Morgan fingerprint density at radius 1 is 1.35 bits per heavy atom. The van der Waals surface area contributed by atoms with E-state index in [9.17, 15) is 0 Å². The molecule has 17 heavy (non-hydrogen) atoms. The first kappa shape index (κ1) is 12.0. The Bertz CT molecular complexity index is 448. The molecule has 0 aromatic carbocycles. The van der Waals surface area contributed by atoms with Crippen LogP contribution in [0.15, 0.2) is 39.4 Å². The monoisotopic (exact) mass is 234 g/mol. The molecule has 0 spiro atoms. The highest BCUT2D eigenvalue weighted by Gasteiger charge is 2.18. The summed E-state index contributed by atoms with van der Waals surface area (Å²) in [5.41, 5.74) is 5.79. The van der Waals surface area contributed by atoms with E-state index in [0.29, 0.717) is 6.54 Å². The van der Waals surface area contributed by atoms with Crippen molar-refractivity contribution in [3.8, 4) is 0 Å². The molecule has 2 aromatic rings. The summed E-state index contributed by atoms with van der Waals surface area (Å²) in [4.78, 5) is 2.12. The summed E-state index contributed by atoms with van der Waals surface area (Å²) in [6.45, 7) is 3.18. The molecule has 0 saturated carbocycles. The summed E-state index contributed by atoms with van der Waals surface area (Å²) in [6.07, 6.45) is 1.67. The predicted octanol–water partition coefficient (Wildman–Crippen LogP) is 2.31. The van der Waals surface area contributed by atoms with Gasteiger partial charge in [0, 0.05) is 6.54 Å². The van der Waals surface area contributed by atoms with E-state index in [2.05, 4.69) is 4.90 Å². The lowest BCUT2D eigenvalue weighted by atomic mass is 10.2. The lowest BCUT2D eigenvalue weighted by Crippen LogP contribution is -2.29. The van der Waals surface area contributed by atoms with E-state index in [0.717, 1.165) is 23.8 Å². The molecule has 0 aliphatic rings. The van der Waals surface area contributed by atoms with Crippen molar-refractivity contribution in [3.63, 3.8) is 0 Å². The van der Waals surface area contributed by atoms with Crippen LogP contribution >= 0.6 is 0 Å². The molecule has 0 bridgehead atoms. The van der Waals surface area contributed by atoms with Gasteiger partial charge in [0.2, 0.25) is 0 Å². The highest BCUT2D eigenvalue weighted by atomic mass is 16.3. The maximum absolute atomic E-state index is 5.79. The lowest BCUT2D eigenvalue weighted by Gasteiger charge is -2.24. The maximum Gasteiger partial charge on any atom is 0.122 e. The normalized spacial score (nSPS) is 13.2. The van der Waals surface area contributed by atoms with Crippen LogP contribution in [0, 0.1) is 6.92 Å². The van der Waals surface area contributed by atoms with Gasteiger partial charge in [-0.3, -0.25) is 4.90 Å². The third-order valence-electron chi connectivity index (χ3n) is 2.83. The highest BCUT2D eigenvalue weighted by Crippen LogP contribution is 2.21. The van der Waals surface area contributed by atoms with Crippen LogP contribution < -0.4 is 5.73 Å². The van der Waals surface area contributed by atoms with Crippen molar-refractivity contribution in [1.82, 2.24) is 4.90 Å². The summed E-state index contributed by atoms with van der Waals surface area (Å²) in [6, 6.07) is 7.86. The number of likely N-dealkylation sites (N-methyl/N-ethyl adjacent to an activating group) is 1. The first-order valence-corrected chi connectivity index (χ1v) is 5.69. The molecule has 4 heteroatoms. The molecule has 1 atom stereocenters. The van der Waals surface area contributed by atoms with Gasteiger partial charge in [-0.25, -0.2) is 0 Å². The third kappa shape index (κ3) is 2.78. The molecule has 0 aliphatic carbocycles. The van der Waals surface area contributed by atoms with Crippen molar-refractivity contribution in [2.45, 2.75) is 19.5 Å². The smallest absolute Gasteiger partial charge is 0.122 e. The molecule has 0 aliphatic heterocycles. The first-order valence-electron chi connectivity index (χ1n) is 5.69. The number of furan rings is 2. The molecule has 2 rings (SSSR count). The second kappa shape index (κ2) is 5.21. The molecular weight excluding hydrogens is 216 g/mol. The van der Waals surface area contributed by atoms with E-state index in [4.69, 9.17) is 14.6 Å². The Morgan fingerprint density at radius 2 is 2.18 bits per heavy atom. The number of aryl methyl sites for hydroxylation is 1. The molecule has 0 saturated heterocycles. The summed E-state index contributed by atoms with van der Waals surface area (Å²) < 4.78 is 11.0. The fourth-order valence-corrected chi connectivity index (χ4v) is 1.92. The Balaban J connectivity index is 2.05. The van der Waals surface area contributed by atoms with Gasteiger partial charge in [-0.05, 0) is 38.2 Å². The van der Waals surface area contributed by atoms with Crippen LogP contribution in [-0.2, 0) is 6.54 Å². The number of nitrogens with two attached hydrogens (primary N) is 1. The fraction of sp³-hybridized carbons (Fsp3) is 0.385. The number of rotatable bonds is 5. The van der Waals surface area contributed by atoms with Gasteiger partial charge in [0.1, 0.15) is 17.3 Å². The molecule has 2 heterocycles. The molecule has 92 valence electrons. The van der Waals surface area contributed by atoms with Crippen LogP contribution in [0.4, 0.5) is 0 Å². The van der Waals surface area contributed by atoms with E-state index < -0.39 is 0 Å². The van der Waals surface area contributed by atoms with Gasteiger partial charge in [-0.2, -0.15) is 0 Å². The predicted molar refractivity (Wildman–Crippen MR) is 65.4 cm³/mol. The average Bonchev–Trinajstić information content (AvgIpc) is 2.92. The molecule has 0 radical (unpaired) electrons. The minimum absolute atomic E-state index is 0.0791.